The van der Waals surface area contributed by atoms with Crippen molar-refractivity contribution >= 4 is 45.6 Å². The highest BCUT2D eigenvalue weighted by Gasteiger charge is 1.97. The van der Waals surface area contributed by atoms with E-state index in [9.17, 15) is 0 Å². The molecule has 30 heavy (non-hydrogen) atoms. The summed E-state index contributed by atoms with van der Waals surface area (Å²) in [6.07, 6.45) is 7.34. The monoisotopic (exact) mass is 386 g/mol. The van der Waals surface area contributed by atoms with E-state index in [0.717, 1.165) is 44.3 Å². The van der Waals surface area contributed by atoms with Gasteiger partial charge in [-0.05, 0) is 65.7 Å². The molecule has 5 aromatic rings. The third-order valence-electron chi connectivity index (χ3n) is 4.81. The Hall–Kier alpha value is -4.18. The molecule has 0 aliphatic carbocycles. The SMILES string of the molecule is C(=Nc1cccc(N=Cc2ccc3ncccc3c2)c1)c1ccc2ncccc2c1. The minimum Gasteiger partial charge on any atom is -0.256 e. The minimum atomic E-state index is 0.860. The average molecular weight is 386 g/mol. The van der Waals surface area contributed by atoms with Crippen LogP contribution in [0.5, 0.6) is 0 Å². The molecule has 0 saturated heterocycles. The number of fused-ring (bicyclic) bond motifs is 2. The first-order valence-electron chi connectivity index (χ1n) is 9.71. The van der Waals surface area contributed by atoms with Gasteiger partial charge in [-0.25, -0.2) is 0 Å². The van der Waals surface area contributed by atoms with E-state index in [-0.39, 0.29) is 0 Å². The molecule has 0 N–H and O–H groups in total. The summed E-state index contributed by atoms with van der Waals surface area (Å²) in [7, 11) is 0. The van der Waals surface area contributed by atoms with Crippen LogP contribution < -0.4 is 0 Å². The molecule has 0 unspecified atom stereocenters. The highest BCUT2D eigenvalue weighted by Crippen LogP contribution is 2.21. The van der Waals surface area contributed by atoms with Crippen LogP contribution in [0, 0.1) is 0 Å². The van der Waals surface area contributed by atoms with E-state index in [1.807, 2.05) is 73.1 Å². The van der Waals surface area contributed by atoms with Gasteiger partial charge in [0.15, 0.2) is 0 Å². The molecule has 0 aliphatic rings. The Morgan fingerprint density at radius 2 is 1.07 bits per heavy atom. The van der Waals surface area contributed by atoms with Crippen LogP contribution in [0.1, 0.15) is 11.1 Å². The van der Waals surface area contributed by atoms with Gasteiger partial charge in [-0.3, -0.25) is 20.0 Å². The fraction of sp³-hybridized carbons (Fsp3) is 0. The van der Waals surface area contributed by atoms with E-state index in [1.165, 1.54) is 0 Å². The fourth-order valence-electron chi connectivity index (χ4n) is 3.30. The van der Waals surface area contributed by atoms with E-state index < -0.39 is 0 Å². The Kier molecular flexibility index (Phi) is 4.80. The summed E-state index contributed by atoms with van der Waals surface area (Å²) in [6.45, 7) is 0. The van der Waals surface area contributed by atoms with Crippen LogP contribution in [0.3, 0.4) is 0 Å². The number of benzene rings is 3. The standard InChI is InChI=1S/C26H18N4/c1-6-23(29-17-19-8-10-25-21(14-19)4-2-12-27-25)16-24(7-1)30-18-20-9-11-26-22(15-20)5-3-13-28-26/h1-18H. The molecule has 4 heteroatoms. The Morgan fingerprint density at radius 3 is 1.60 bits per heavy atom. The zero-order valence-electron chi connectivity index (χ0n) is 16.2. The predicted molar refractivity (Wildman–Crippen MR) is 124 cm³/mol. The predicted octanol–water partition coefficient (Wildman–Crippen LogP) is 6.28. The van der Waals surface area contributed by atoms with Crippen LogP contribution >= 0.6 is 0 Å². The van der Waals surface area contributed by atoms with Crippen molar-refractivity contribution < 1.29 is 0 Å². The summed E-state index contributed by atoms with van der Waals surface area (Å²) in [4.78, 5) is 17.9. The fourth-order valence-corrected chi connectivity index (χ4v) is 3.30. The number of hydrogen-bond acceptors (Lipinski definition) is 4. The normalized spacial score (nSPS) is 11.7. The summed E-state index contributed by atoms with van der Waals surface area (Å²) in [5, 5.41) is 2.20. The molecule has 0 aliphatic heterocycles. The van der Waals surface area contributed by atoms with E-state index >= 15 is 0 Å². The lowest BCUT2D eigenvalue weighted by molar-refractivity contribution is 1.41. The van der Waals surface area contributed by atoms with Crippen molar-refractivity contribution in [3.05, 3.63) is 108 Å². The minimum absolute atomic E-state index is 0.860. The van der Waals surface area contributed by atoms with Crippen LogP contribution in [0.4, 0.5) is 11.4 Å². The summed E-state index contributed by atoms with van der Waals surface area (Å²) in [6, 6.07) is 28.1. The Morgan fingerprint density at radius 1 is 0.533 bits per heavy atom. The Balaban J connectivity index is 1.36. The highest BCUT2D eigenvalue weighted by molar-refractivity contribution is 5.91. The number of rotatable bonds is 4. The van der Waals surface area contributed by atoms with E-state index in [4.69, 9.17) is 0 Å². The van der Waals surface area contributed by atoms with Crippen molar-refractivity contribution in [1.82, 2.24) is 9.97 Å². The van der Waals surface area contributed by atoms with Crippen LogP contribution in [-0.2, 0) is 0 Å². The van der Waals surface area contributed by atoms with Crippen molar-refractivity contribution in [2.45, 2.75) is 0 Å². The maximum absolute atomic E-state index is 4.61. The van der Waals surface area contributed by atoms with E-state index in [1.54, 1.807) is 12.4 Å². The van der Waals surface area contributed by atoms with Crippen molar-refractivity contribution in [2.75, 3.05) is 0 Å². The van der Waals surface area contributed by atoms with E-state index in [0.29, 0.717) is 0 Å². The molecule has 0 bridgehead atoms. The Bertz CT molecular complexity index is 1300. The molecule has 5 rings (SSSR count). The molecule has 0 saturated carbocycles. The van der Waals surface area contributed by atoms with Crippen LogP contribution in [0.25, 0.3) is 21.8 Å². The average Bonchev–Trinajstić information content (AvgIpc) is 2.81. The molecule has 142 valence electrons. The summed E-state index contributed by atoms with van der Waals surface area (Å²) < 4.78 is 0. The lowest BCUT2D eigenvalue weighted by Crippen LogP contribution is -1.83. The second kappa shape index (κ2) is 8.05. The number of aromatic nitrogens is 2. The van der Waals surface area contributed by atoms with Crippen molar-refractivity contribution in [3.8, 4) is 0 Å². The van der Waals surface area contributed by atoms with Crippen LogP contribution in [0.2, 0.25) is 0 Å². The lowest BCUT2D eigenvalue weighted by Gasteiger charge is -2.00. The molecule has 0 spiro atoms. The van der Waals surface area contributed by atoms with Crippen molar-refractivity contribution in [2.24, 2.45) is 9.98 Å². The first-order valence-corrected chi connectivity index (χ1v) is 9.71. The second-order valence-electron chi connectivity index (χ2n) is 6.95. The summed E-state index contributed by atoms with van der Waals surface area (Å²) in [5.74, 6) is 0. The molecule has 2 aromatic heterocycles. The summed E-state index contributed by atoms with van der Waals surface area (Å²) in [5.41, 5.74) is 5.76. The molecule has 2 heterocycles. The molecule has 4 nitrogen and oxygen atoms in total. The van der Waals surface area contributed by atoms with Crippen LogP contribution in [0.15, 0.2) is 107 Å². The molecule has 0 amide bonds. The van der Waals surface area contributed by atoms with Gasteiger partial charge in [0.05, 0.1) is 22.4 Å². The number of aliphatic imine (C=N–C) groups is 2. The largest absolute Gasteiger partial charge is 0.256 e. The van der Waals surface area contributed by atoms with Gasteiger partial charge in [0.1, 0.15) is 0 Å². The van der Waals surface area contributed by atoms with Gasteiger partial charge in [-0.15, -0.1) is 0 Å². The topological polar surface area (TPSA) is 50.5 Å². The quantitative estimate of drug-likeness (QED) is 0.341. The third-order valence-corrected chi connectivity index (χ3v) is 4.81. The molecular weight excluding hydrogens is 368 g/mol. The second-order valence-corrected chi connectivity index (χ2v) is 6.95. The molecular formula is C26H18N4. The number of pyridine rings is 2. The zero-order valence-corrected chi connectivity index (χ0v) is 16.2. The third kappa shape index (κ3) is 3.98. The van der Waals surface area contributed by atoms with E-state index in [2.05, 4.69) is 44.2 Å². The van der Waals surface area contributed by atoms with Gasteiger partial charge in [-0.2, -0.15) is 0 Å². The van der Waals surface area contributed by atoms with Gasteiger partial charge in [0, 0.05) is 35.6 Å². The first kappa shape index (κ1) is 17.9. The maximum atomic E-state index is 4.61. The van der Waals surface area contributed by atoms with Gasteiger partial charge in [-0.1, -0.05) is 30.3 Å². The molecule has 3 aromatic carbocycles. The van der Waals surface area contributed by atoms with Gasteiger partial charge < -0.3 is 0 Å². The molecule has 0 fully saturated rings. The number of hydrogen-bond donors (Lipinski definition) is 0. The summed E-state index contributed by atoms with van der Waals surface area (Å²) >= 11 is 0. The number of nitrogens with zero attached hydrogens (tertiary/aromatic N) is 4. The smallest absolute Gasteiger partial charge is 0.0702 e. The maximum Gasteiger partial charge on any atom is 0.0702 e. The first-order chi connectivity index (χ1) is 14.8. The van der Waals surface area contributed by atoms with Gasteiger partial charge in [0.25, 0.3) is 0 Å². The van der Waals surface area contributed by atoms with Crippen molar-refractivity contribution in [3.63, 3.8) is 0 Å². The van der Waals surface area contributed by atoms with Crippen molar-refractivity contribution in [1.29, 1.82) is 0 Å². The molecule has 0 radical (unpaired) electrons. The molecule has 0 atom stereocenters. The zero-order chi connectivity index (χ0) is 20.2. The Labute approximate surface area is 174 Å². The van der Waals surface area contributed by atoms with Gasteiger partial charge >= 0.3 is 0 Å². The highest BCUT2D eigenvalue weighted by atomic mass is 14.7. The van der Waals surface area contributed by atoms with Crippen LogP contribution in [-0.4, -0.2) is 22.4 Å². The van der Waals surface area contributed by atoms with Gasteiger partial charge in [0.2, 0.25) is 0 Å². The lowest BCUT2D eigenvalue weighted by atomic mass is 10.1.